The van der Waals surface area contributed by atoms with Gasteiger partial charge >= 0.3 is 5.63 Å². The summed E-state index contributed by atoms with van der Waals surface area (Å²) in [6, 6.07) is 14.0. The van der Waals surface area contributed by atoms with Gasteiger partial charge in [-0.05, 0) is 60.6 Å². The number of halogens is 1. The van der Waals surface area contributed by atoms with Crippen LogP contribution in [0.4, 0.5) is 0 Å². The number of rotatable bonds is 1. The highest BCUT2D eigenvalue weighted by molar-refractivity contribution is 9.10. The fourth-order valence-corrected chi connectivity index (χ4v) is 3.53. The van der Waals surface area contributed by atoms with E-state index in [1.54, 1.807) is 0 Å². The Balaban J connectivity index is 1.88. The van der Waals surface area contributed by atoms with Crippen LogP contribution in [0.5, 0.6) is 0 Å². The molecule has 1 heterocycles. The molecule has 3 heteroatoms. The minimum atomic E-state index is -0.277. The summed E-state index contributed by atoms with van der Waals surface area (Å²) < 4.78 is 6.39. The Morgan fingerprint density at radius 2 is 1.73 bits per heavy atom. The van der Waals surface area contributed by atoms with Crippen molar-refractivity contribution in [3.63, 3.8) is 0 Å². The van der Waals surface area contributed by atoms with Gasteiger partial charge in [0.05, 0.1) is 5.56 Å². The lowest BCUT2D eigenvalue weighted by atomic mass is 9.89. The molecule has 2 aromatic carbocycles. The van der Waals surface area contributed by atoms with Crippen LogP contribution in [0.2, 0.25) is 0 Å². The zero-order valence-corrected chi connectivity index (χ0v) is 13.7. The normalized spacial score (nSPS) is 14.0. The molecule has 0 unspecified atom stereocenters. The molecule has 2 nitrogen and oxygen atoms in total. The molecule has 22 heavy (non-hydrogen) atoms. The van der Waals surface area contributed by atoms with Gasteiger partial charge in [0.1, 0.15) is 5.58 Å². The lowest BCUT2D eigenvalue weighted by Gasteiger charge is -2.16. The van der Waals surface area contributed by atoms with Crippen LogP contribution in [0.3, 0.4) is 0 Å². The van der Waals surface area contributed by atoms with Gasteiger partial charge in [-0.3, -0.25) is 0 Å². The summed E-state index contributed by atoms with van der Waals surface area (Å²) in [7, 11) is 0. The quantitative estimate of drug-likeness (QED) is 0.569. The van der Waals surface area contributed by atoms with Crippen molar-refractivity contribution < 1.29 is 4.42 Å². The highest BCUT2D eigenvalue weighted by Gasteiger charge is 2.13. The molecule has 1 aromatic heterocycles. The van der Waals surface area contributed by atoms with Crippen molar-refractivity contribution in [3.8, 4) is 11.1 Å². The fraction of sp³-hybridized carbons (Fsp3) is 0.211. The van der Waals surface area contributed by atoms with Gasteiger partial charge in [0.25, 0.3) is 0 Å². The maximum atomic E-state index is 12.3. The molecule has 4 rings (SSSR count). The molecule has 0 saturated carbocycles. The van der Waals surface area contributed by atoms with Crippen molar-refractivity contribution in [1.29, 1.82) is 0 Å². The standard InChI is InChI=1S/C19H15BrO2/c20-16-8-7-15-10-17(19(21)22-18(15)11-16)14-6-5-12-3-1-2-4-13(12)9-14/h5-11H,1-4H2. The summed E-state index contributed by atoms with van der Waals surface area (Å²) in [5.41, 5.74) is 4.73. The smallest absolute Gasteiger partial charge is 0.344 e. The van der Waals surface area contributed by atoms with Crippen molar-refractivity contribution in [3.05, 3.63) is 68.5 Å². The topological polar surface area (TPSA) is 30.2 Å². The molecular weight excluding hydrogens is 340 g/mol. The summed E-state index contributed by atoms with van der Waals surface area (Å²) in [6.07, 6.45) is 4.75. The van der Waals surface area contributed by atoms with E-state index in [9.17, 15) is 4.79 Å². The second kappa shape index (κ2) is 5.40. The van der Waals surface area contributed by atoms with Gasteiger partial charge in [0, 0.05) is 9.86 Å². The lowest BCUT2D eigenvalue weighted by Crippen LogP contribution is -2.06. The molecule has 1 aliphatic carbocycles. The Morgan fingerprint density at radius 3 is 2.59 bits per heavy atom. The van der Waals surface area contributed by atoms with E-state index < -0.39 is 0 Å². The third-order valence-corrected chi connectivity index (χ3v) is 4.85. The van der Waals surface area contributed by atoms with Crippen LogP contribution in [0.1, 0.15) is 24.0 Å². The van der Waals surface area contributed by atoms with Gasteiger partial charge in [-0.2, -0.15) is 0 Å². The predicted molar refractivity (Wildman–Crippen MR) is 92.3 cm³/mol. The monoisotopic (exact) mass is 354 g/mol. The first kappa shape index (κ1) is 13.8. The van der Waals surface area contributed by atoms with Gasteiger partial charge in [-0.1, -0.05) is 40.2 Å². The summed E-state index contributed by atoms with van der Waals surface area (Å²) >= 11 is 3.40. The van der Waals surface area contributed by atoms with Gasteiger partial charge < -0.3 is 4.42 Å². The van der Waals surface area contributed by atoms with Crippen LogP contribution >= 0.6 is 15.9 Å². The molecule has 0 fully saturated rings. The highest BCUT2D eigenvalue weighted by atomic mass is 79.9. The summed E-state index contributed by atoms with van der Waals surface area (Å²) in [5, 5.41) is 0.940. The third kappa shape index (κ3) is 2.40. The Morgan fingerprint density at radius 1 is 0.909 bits per heavy atom. The lowest BCUT2D eigenvalue weighted by molar-refractivity contribution is 0.563. The van der Waals surface area contributed by atoms with Crippen LogP contribution in [-0.2, 0) is 12.8 Å². The van der Waals surface area contributed by atoms with E-state index >= 15 is 0 Å². The summed E-state index contributed by atoms with van der Waals surface area (Å²) in [4.78, 5) is 12.3. The van der Waals surface area contributed by atoms with Crippen molar-refractivity contribution in [2.75, 3.05) is 0 Å². The molecule has 0 N–H and O–H groups in total. The molecule has 3 aromatic rings. The molecule has 110 valence electrons. The number of benzene rings is 2. The number of hydrogen-bond acceptors (Lipinski definition) is 2. The van der Waals surface area contributed by atoms with Crippen molar-refractivity contribution in [2.24, 2.45) is 0 Å². The van der Waals surface area contributed by atoms with E-state index in [4.69, 9.17) is 4.42 Å². The van der Waals surface area contributed by atoms with Crippen LogP contribution in [0.25, 0.3) is 22.1 Å². The predicted octanol–water partition coefficient (Wildman–Crippen LogP) is 5.10. The van der Waals surface area contributed by atoms with Crippen LogP contribution < -0.4 is 5.63 Å². The van der Waals surface area contributed by atoms with Gasteiger partial charge in [0.2, 0.25) is 0 Å². The molecular formula is C19H15BrO2. The first-order chi connectivity index (χ1) is 10.7. The highest BCUT2D eigenvalue weighted by Crippen LogP contribution is 2.28. The van der Waals surface area contributed by atoms with E-state index in [0.717, 1.165) is 28.3 Å². The van der Waals surface area contributed by atoms with Gasteiger partial charge in [-0.25, -0.2) is 4.79 Å². The van der Waals surface area contributed by atoms with E-state index in [2.05, 4.69) is 28.1 Å². The molecule has 0 atom stereocenters. The average Bonchev–Trinajstić information content (AvgIpc) is 2.53. The van der Waals surface area contributed by atoms with Gasteiger partial charge in [0.15, 0.2) is 0 Å². The fourth-order valence-electron chi connectivity index (χ4n) is 3.19. The third-order valence-electron chi connectivity index (χ3n) is 4.36. The van der Waals surface area contributed by atoms with Crippen molar-refractivity contribution in [1.82, 2.24) is 0 Å². The molecule has 0 radical (unpaired) electrons. The van der Waals surface area contributed by atoms with Crippen LogP contribution in [0.15, 0.2) is 56.1 Å². The Kier molecular flexibility index (Phi) is 3.38. The van der Waals surface area contributed by atoms with E-state index in [1.165, 1.54) is 24.0 Å². The maximum absolute atomic E-state index is 12.3. The Bertz CT molecular complexity index is 924. The van der Waals surface area contributed by atoms with E-state index in [1.807, 2.05) is 30.3 Å². The van der Waals surface area contributed by atoms with Crippen LogP contribution in [0, 0.1) is 0 Å². The minimum absolute atomic E-state index is 0.277. The van der Waals surface area contributed by atoms with Crippen LogP contribution in [-0.4, -0.2) is 0 Å². The summed E-state index contributed by atoms with van der Waals surface area (Å²) in [5.74, 6) is 0. The van der Waals surface area contributed by atoms with E-state index in [-0.39, 0.29) is 5.63 Å². The molecule has 0 saturated heterocycles. The first-order valence-corrected chi connectivity index (χ1v) is 8.35. The van der Waals surface area contributed by atoms with Crippen molar-refractivity contribution in [2.45, 2.75) is 25.7 Å². The average molecular weight is 355 g/mol. The SMILES string of the molecule is O=c1oc2cc(Br)ccc2cc1-c1ccc2c(c1)CCCC2. The Hall–Kier alpha value is -1.87. The maximum Gasteiger partial charge on any atom is 0.344 e. The zero-order valence-electron chi connectivity index (χ0n) is 12.1. The molecule has 1 aliphatic rings. The molecule has 0 amide bonds. The van der Waals surface area contributed by atoms with Crippen molar-refractivity contribution >= 4 is 26.9 Å². The number of hydrogen-bond donors (Lipinski definition) is 0. The second-order valence-electron chi connectivity index (χ2n) is 5.82. The second-order valence-corrected chi connectivity index (χ2v) is 6.74. The van der Waals surface area contributed by atoms with E-state index in [0.29, 0.717) is 11.1 Å². The van der Waals surface area contributed by atoms with Gasteiger partial charge in [-0.15, -0.1) is 0 Å². The number of fused-ring (bicyclic) bond motifs is 2. The summed E-state index contributed by atoms with van der Waals surface area (Å²) in [6.45, 7) is 0. The first-order valence-electron chi connectivity index (χ1n) is 7.56. The molecule has 0 spiro atoms. The minimum Gasteiger partial charge on any atom is -0.422 e. The molecule has 0 aliphatic heterocycles. The Labute approximate surface area is 136 Å². The zero-order chi connectivity index (χ0) is 15.1. The molecule has 0 bridgehead atoms. The largest absolute Gasteiger partial charge is 0.422 e. The number of aryl methyl sites for hydroxylation is 2.